The maximum atomic E-state index is 8.59. The molecule has 0 aliphatic heterocycles. The van der Waals surface area contributed by atoms with Crippen molar-refractivity contribution in [2.75, 3.05) is 0 Å². The van der Waals surface area contributed by atoms with Gasteiger partial charge in [0.1, 0.15) is 0 Å². The summed E-state index contributed by atoms with van der Waals surface area (Å²) in [6, 6.07) is 0. The van der Waals surface area contributed by atoms with Gasteiger partial charge in [-0.1, -0.05) is 13.3 Å². The molecular formula is C6H13O2. The van der Waals surface area contributed by atoms with Crippen molar-refractivity contribution in [3.63, 3.8) is 0 Å². The first kappa shape index (κ1) is 7.92. The minimum atomic E-state index is -1.70. The topological polar surface area (TPSA) is 40.5 Å². The van der Waals surface area contributed by atoms with Crippen molar-refractivity contribution >= 4 is 0 Å². The van der Waals surface area contributed by atoms with E-state index in [0.717, 1.165) is 12.8 Å². The molecule has 0 saturated heterocycles. The van der Waals surface area contributed by atoms with Crippen LogP contribution in [0.3, 0.4) is 0 Å². The normalized spacial score (nSPS) is 12.0. The fourth-order valence-corrected chi connectivity index (χ4v) is 0.460. The van der Waals surface area contributed by atoms with Crippen LogP contribution < -0.4 is 0 Å². The Morgan fingerprint density at radius 1 is 1.50 bits per heavy atom. The molecule has 8 heavy (non-hydrogen) atoms. The van der Waals surface area contributed by atoms with Gasteiger partial charge in [-0.15, -0.1) is 0 Å². The van der Waals surface area contributed by atoms with Gasteiger partial charge in [-0.3, -0.25) is 0 Å². The molecule has 0 spiro atoms. The van der Waals surface area contributed by atoms with Crippen LogP contribution >= 0.6 is 0 Å². The first-order valence-electron chi connectivity index (χ1n) is 2.86. The van der Waals surface area contributed by atoms with Crippen molar-refractivity contribution in [3.8, 4) is 0 Å². The molecule has 0 bridgehead atoms. The predicted molar refractivity (Wildman–Crippen MR) is 32.1 cm³/mol. The van der Waals surface area contributed by atoms with Crippen LogP contribution in [-0.2, 0) is 0 Å². The Bertz CT molecular complexity index is 54.0. The van der Waals surface area contributed by atoms with Crippen LogP contribution in [0, 0.1) is 6.92 Å². The lowest BCUT2D eigenvalue weighted by atomic mass is 10.1. The molecule has 0 saturated carbocycles. The summed E-state index contributed by atoms with van der Waals surface area (Å²) in [5, 5.41) is 17.2. The van der Waals surface area contributed by atoms with Crippen LogP contribution in [-0.4, -0.2) is 16.0 Å². The SMILES string of the molecule is [CH2]C(O)(O)CCCC. The first-order chi connectivity index (χ1) is 3.56. The second-order valence-electron chi connectivity index (χ2n) is 2.09. The zero-order chi connectivity index (χ0) is 6.62. The molecule has 0 atom stereocenters. The number of hydrogen-bond acceptors (Lipinski definition) is 2. The standard InChI is InChI=1S/C6H13O2/c1-3-4-5-6(2,7)8/h7-8H,2-5H2,1H3. The summed E-state index contributed by atoms with van der Waals surface area (Å²) in [6.45, 7) is 5.11. The van der Waals surface area contributed by atoms with Gasteiger partial charge in [-0.2, -0.15) is 0 Å². The molecule has 0 fully saturated rings. The monoisotopic (exact) mass is 117 g/mol. The quantitative estimate of drug-likeness (QED) is 0.534. The average molecular weight is 117 g/mol. The molecule has 0 amide bonds. The van der Waals surface area contributed by atoms with E-state index in [0.29, 0.717) is 6.42 Å². The lowest BCUT2D eigenvalue weighted by Crippen LogP contribution is -2.22. The minimum Gasteiger partial charge on any atom is -0.366 e. The Hall–Kier alpha value is -0.0800. The zero-order valence-electron chi connectivity index (χ0n) is 5.22. The number of unbranched alkanes of at least 4 members (excludes halogenated alkanes) is 1. The van der Waals surface area contributed by atoms with E-state index < -0.39 is 5.79 Å². The second kappa shape index (κ2) is 3.05. The van der Waals surface area contributed by atoms with Crippen LogP contribution in [0.2, 0.25) is 0 Å². The third-order valence-electron chi connectivity index (χ3n) is 0.931. The van der Waals surface area contributed by atoms with Gasteiger partial charge >= 0.3 is 0 Å². The molecule has 0 aliphatic carbocycles. The number of hydrogen-bond donors (Lipinski definition) is 2. The van der Waals surface area contributed by atoms with Gasteiger partial charge in [0, 0.05) is 13.3 Å². The molecule has 2 nitrogen and oxygen atoms in total. The number of rotatable bonds is 3. The Balaban J connectivity index is 3.11. The maximum absolute atomic E-state index is 8.59. The number of aliphatic hydroxyl groups is 2. The summed E-state index contributed by atoms with van der Waals surface area (Å²) in [5.41, 5.74) is 0. The third kappa shape index (κ3) is 5.92. The molecule has 2 N–H and O–H groups in total. The van der Waals surface area contributed by atoms with Gasteiger partial charge in [0.2, 0.25) is 0 Å². The van der Waals surface area contributed by atoms with Gasteiger partial charge in [-0.05, 0) is 6.42 Å². The molecule has 0 unspecified atom stereocenters. The van der Waals surface area contributed by atoms with Gasteiger partial charge in [0.25, 0.3) is 0 Å². The van der Waals surface area contributed by atoms with Crippen molar-refractivity contribution < 1.29 is 10.2 Å². The van der Waals surface area contributed by atoms with E-state index in [1.165, 1.54) is 0 Å². The van der Waals surface area contributed by atoms with Crippen molar-refractivity contribution in [1.82, 2.24) is 0 Å². The largest absolute Gasteiger partial charge is 0.366 e. The van der Waals surface area contributed by atoms with Crippen molar-refractivity contribution in [3.05, 3.63) is 6.92 Å². The highest BCUT2D eigenvalue weighted by atomic mass is 16.5. The van der Waals surface area contributed by atoms with Crippen molar-refractivity contribution in [2.45, 2.75) is 32.0 Å². The Labute approximate surface area is 50.2 Å². The molecule has 1 radical (unpaired) electrons. The molecule has 0 aromatic heterocycles. The molecule has 0 aromatic carbocycles. The summed E-state index contributed by atoms with van der Waals surface area (Å²) in [7, 11) is 0. The Morgan fingerprint density at radius 3 is 2.12 bits per heavy atom. The molecule has 0 heterocycles. The first-order valence-corrected chi connectivity index (χ1v) is 2.86. The van der Waals surface area contributed by atoms with E-state index in [4.69, 9.17) is 10.2 Å². The van der Waals surface area contributed by atoms with Crippen LogP contribution in [0.5, 0.6) is 0 Å². The van der Waals surface area contributed by atoms with Crippen LogP contribution in [0.1, 0.15) is 26.2 Å². The fourth-order valence-electron chi connectivity index (χ4n) is 0.460. The summed E-state index contributed by atoms with van der Waals surface area (Å²) in [6.07, 6.45) is 2.15. The minimum absolute atomic E-state index is 0.365. The maximum Gasteiger partial charge on any atom is 0.162 e. The van der Waals surface area contributed by atoms with Crippen molar-refractivity contribution in [2.24, 2.45) is 0 Å². The van der Waals surface area contributed by atoms with E-state index in [1.54, 1.807) is 0 Å². The Kier molecular flexibility index (Phi) is 3.02. The summed E-state index contributed by atoms with van der Waals surface area (Å²) in [4.78, 5) is 0. The van der Waals surface area contributed by atoms with E-state index in [2.05, 4.69) is 6.92 Å². The smallest absolute Gasteiger partial charge is 0.162 e. The molecule has 0 rings (SSSR count). The highest BCUT2D eigenvalue weighted by molar-refractivity contribution is 4.64. The lowest BCUT2D eigenvalue weighted by Gasteiger charge is -2.13. The molecule has 0 aliphatic rings. The van der Waals surface area contributed by atoms with Crippen molar-refractivity contribution in [1.29, 1.82) is 0 Å². The average Bonchev–Trinajstić information content (AvgIpc) is 1.59. The van der Waals surface area contributed by atoms with Gasteiger partial charge in [0.15, 0.2) is 5.79 Å². The molecular weight excluding hydrogens is 104 g/mol. The van der Waals surface area contributed by atoms with Crippen LogP contribution in [0.15, 0.2) is 0 Å². The molecule has 2 heteroatoms. The van der Waals surface area contributed by atoms with Gasteiger partial charge < -0.3 is 10.2 Å². The highest BCUT2D eigenvalue weighted by Crippen LogP contribution is 2.07. The third-order valence-corrected chi connectivity index (χ3v) is 0.931. The Morgan fingerprint density at radius 2 is 2.00 bits per heavy atom. The van der Waals surface area contributed by atoms with E-state index in [9.17, 15) is 0 Å². The lowest BCUT2D eigenvalue weighted by molar-refractivity contribution is -0.126. The molecule has 0 aromatic rings. The van der Waals surface area contributed by atoms with Crippen LogP contribution in [0.4, 0.5) is 0 Å². The van der Waals surface area contributed by atoms with E-state index in [-0.39, 0.29) is 0 Å². The van der Waals surface area contributed by atoms with E-state index in [1.807, 2.05) is 6.92 Å². The summed E-state index contributed by atoms with van der Waals surface area (Å²) in [5.74, 6) is -1.70. The predicted octanol–water partition coefficient (Wildman–Crippen LogP) is 0.692. The second-order valence-corrected chi connectivity index (χ2v) is 2.09. The summed E-state index contributed by atoms with van der Waals surface area (Å²) < 4.78 is 0. The summed E-state index contributed by atoms with van der Waals surface area (Å²) >= 11 is 0. The van der Waals surface area contributed by atoms with Gasteiger partial charge in [0.05, 0.1) is 0 Å². The van der Waals surface area contributed by atoms with E-state index >= 15 is 0 Å². The van der Waals surface area contributed by atoms with Gasteiger partial charge in [-0.25, -0.2) is 0 Å². The van der Waals surface area contributed by atoms with Crippen LogP contribution in [0.25, 0.3) is 0 Å². The molecule has 49 valence electrons. The fraction of sp³-hybridized carbons (Fsp3) is 0.833. The zero-order valence-corrected chi connectivity index (χ0v) is 5.22. The highest BCUT2D eigenvalue weighted by Gasteiger charge is 2.12.